The lowest BCUT2D eigenvalue weighted by Crippen LogP contribution is -2.67. The molecule has 13 unspecified atom stereocenters. The number of aromatic amines is 1. The molecule has 0 radical (unpaired) electrons. The molecule has 13 heteroatoms. The van der Waals surface area contributed by atoms with E-state index in [-0.39, 0.29) is 55.1 Å². The smallest absolute Gasteiger partial charge is 0.355 e. The number of aromatic nitrogens is 1. The Balaban J connectivity index is 1.36. The molecule has 54 heavy (non-hydrogen) atoms. The molecule has 0 amide bonds. The van der Waals surface area contributed by atoms with E-state index >= 15 is 0 Å². The second kappa shape index (κ2) is 16.3. The van der Waals surface area contributed by atoms with Gasteiger partial charge in [-0.2, -0.15) is 0 Å². The molecule has 1 spiro atoms. The third-order valence-corrected chi connectivity index (χ3v) is 11.8. The third kappa shape index (κ3) is 7.89. The summed E-state index contributed by atoms with van der Waals surface area (Å²) in [6.45, 7) is 11.0. The van der Waals surface area contributed by atoms with Crippen LogP contribution in [0.15, 0.2) is 65.4 Å². The molecule has 1 aliphatic carbocycles. The van der Waals surface area contributed by atoms with Crippen molar-refractivity contribution in [1.82, 2.24) is 4.98 Å². The van der Waals surface area contributed by atoms with Gasteiger partial charge in [0.25, 0.3) is 0 Å². The lowest BCUT2D eigenvalue weighted by molar-refractivity contribution is -0.383. The topological polar surface area (TPSA) is 183 Å². The van der Waals surface area contributed by atoms with Gasteiger partial charge in [0.2, 0.25) is 5.79 Å². The Bertz CT molecular complexity index is 1660. The molecule has 2 bridgehead atoms. The molecule has 0 saturated carbocycles. The van der Waals surface area contributed by atoms with Gasteiger partial charge in [0.05, 0.1) is 24.7 Å². The number of H-pyrrole nitrogens is 1. The number of esters is 3. The van der Waals surface area contributed by atoms with Gasteiger partial charge in [-0.25, -0.2) is 4.79 Å². The Morgan fingerprint density at radius 2 is 1.93 bits per heavy atom. The highest BCUT2D eigenvalue weighted by atomic mass is 16.7. The van der Waals surface area contributed by atoms with Gasteiger partial charge < -0.3 is 48.7 Å². The van der Waals surface area contributed by atoms with Crippen molar-refractivity contribution in [3.63, 3.8) is 0 Å². The van der Waals surface area contributed by atoms with Crippen LogP contribution in [0.1, 0.15) is 84.1 Å². The predicted molar refractivity (Wildman–Crippen MR) is 194 cm³/mol. The van der Waals surface area contributed by atoms with Crippen LogP contribution in [0.25, 0.3) is 0 Å². The van der Waals surface area contributed by atoms with Crippen LogP contribution in [0.4, 0.5) is 0 Å². The quantitative estimate of drug-likeness (QED) is 0.185. The van der Waals surface area contributed by atoms with E-state index in [0.717, 1.165) is 12.0 Å². The maximum absolute atomic E-state index is 14.5. The zero-order valence-corrected chi connectivity index (χ0v) is 31.9. The first kappa shape index (κ1) is 40.1. The first-order chi connectivity index (χ1) is 25.7. The van der Waals surface area contributed by atoms with Crippen LogP contribution in [0, 0.1) is 23.7 Å². The summed E-state index contributed by atoms with van der Waals surface area (Å²) in [5, 5.41) is 35.9. The van der Waals surface area contributed by atoms with Crippen molar-refractivity contribution in [2.24, 2.45) is 23.7 Å². The monoisotopic (exact) mass is 753 g/mol. The molecule has 13 nitrogen and oxygen atoms in total. The minimum Gasteiger partial charge on any atom is -0.462 e. The molecule has 1 aromatic rings. The number of fused-ring (bicyclic) bond motifs is 2. The van der Waals surface area contributed by atoms with Gasteiger partial charge in [-0.05, 0) is 62.3 Å². The first-order valence-electron chi connectivity index (χ1n) is 19.2. The van der Waals surface area contributed by atoms with Gasteiger partial charge in [-0.3, -0.25) is 9.59 Å². The number of carbonyl (C=O) groups is 3. The summed E-state index contributed by atoms with van der Waals surface area (Å²) in [6.07, 6.45) is 5.61. The average Bonchev–Trinajstić information content (AvgIpc) is 3.79. The maximum Gasteiger partial charge on any atom is 0.355 e. The van der Waals surface area contributed by atoms with Crippen LogP contribution in [0.5, 0.6) is 0 Å². The van der Waals surface area contributed by atoms with Gasteiger partial charge in [-0.1, -0.05) is 63.6 Å². The van der Waals surface area contributed by atoms with Gasteiger partial charge in [0.1, 0.15) is 54.3 Å². The van der Waals surface area contributed by atoms with Gasteiger partial charge in [0.15, 0.2) is 0 Å². The Hall–Kier alpha value is -3.59. The summed E-state index contributed by atoms with van der Waals surface area (Å²) < 4.78 is 36.8. The lowest BCUT2D eigenvalue weighted by atomic mass is 9.70. The van der Waals surface area contributed by atoms with E-state index in [1.807, 2.05) is 39.8 Å². The zero-order chi connectivity index (χ0) is 38.9. The van der Waals surface area contributed by atoms with Crippen molar-refractivity contribution in [2.45, 2.75) is 128 Å². The highest BCUT2D eigenvalue weighted by Gasteiger charge is 2.62. The molecule has 1 aromatic heterocycles. The van der Waals surface area contributed by atoms with Crippen LogP contribution in [0.3, 0.4) is 0 Å². The molecule has 13 atom stereocenters. The molecule has 4 N–H and O–H groups in total. The maximum atomic E-state index is 14.5. The predicted octanol–water partition coefficient (Wildman–Crippen LogP) is 4.24. The molecule has 5 heterocycles. The van der Waals surface area contributed by atoms with Gasteiger partial charge in [-0.15, -0.1) is 0 Å². The molecule has 4 aliphatic heterocycles. The van der Waals surface area contributed by atoms with E-state index < -0.39 is 77.9 Å². The first-order valence-corrected chi connectivity index (χ1v) is 19.2. The number of hydrogen-bond acceptors (Lipinski definition) is 12. The van der Waals surface area contributed by atoms with E-state index in [2.05, 4.69) is 18.0 Å². The highest BCUT2D eigenvalue weighted by Crippen LogP contribution is 2.48. The van der Waals surface area contributed by atoms with Crippen molar-refractivity contribution in [3.8, 4) is 0 Å². The molecular formula is C41H55NO12. The minimum atomic E-state index is -1.99. The number of hydrogen-bond donors (Lipinski definition) is 4. The lowest BCUT2D eigenvalue weighted by Gasteiger charge is -2.53. The van der Waals surface area contributed by atoms with Crippen molar-refractivity contribution in [2.75, 3.05) is 13.2 Å². The number of aliphatic hydroxyl groups is 3. The van der Waals surface area contributed by atoms with Crippen molar-refractivity contribution in [3.05, 3.63) is 71.1 Å². The fourth-order valence-electron chi connectivity index (χ4n) is 8.24. The SMILES string of the molecule is CCC(C)C(=O)OC1C(C)C(C)OC2(CC3CC(CC=C(C)CC(C)C=CC=C4COC5C(O)C(COC(=O)c6ccc[nH]6)=CC(C(=O)O3)C45O)O2)C1O. The zero-order valence-electron chi connectivity index (χ0n) is 31.9. The molecule has 5 aliphatic rings. The summed E-state index contributed by atoms with van der Waals surface area (Å²) in [5.74, 6) is -5.56. The normalized spacial score (nSPS) is 39.1. The summed E-state index contributed by atoms with van der Waals surface area (Å²) in [6, 6.07) is 3.20. The molecule has 6 rings (SSSR count). The van der Waals surface area contributed by atoms with Gasteiger partial charge in [0, 0.05) is 25.0 Å². The minimum absolute atomic E-state index is 0.0572. The van der Waals surface area contributed by atoms with Crippen molar-refractivity contribution < 1.29 is 58.1 Å². The molecular weight excluding hydrogens is 698 g/mol. The second-order valence-electron chi connectivity index (χ2n) is 15.8. The van der Waals surface area contributed by atoms with E-state index in [4.69, 9.17) is 28.4 Å². The van der Waals surface area contributed by atoms with E-state index in [1.54, 1.807) is 31.3 Å². The third-order valence-electron chi connectivity index (χ3n) is 11.8. The van der Waals surface area contributed by atoms with Crippen LogP contribution < -0.4 is 0 Å². The number of allylic oxidation sites excluding steroid dienone is 4. The molecule has 296 valence electrons. The van der Waals surface area contributed by atoms with Crippen LogP contribution >= 0.6 is 0 Å². The highest BCUT2D eigenvalue weighted by molar-refractivity contribution is 5.87. The van der Waals surface area contributed by atoms with E-state index in [1.165, 1.54) is 6.08 Å². The number of ether oxygens (including phenoxy) is 6. The van der Waals surface area contributed by atoms with E-state index in [9.17, 15) is 29.7 Å². The van der Waals surface area contributed by atoms with Crippen LogP contribution in [-0.4, -0.2) is 106 Å². The van der Waals surface area contributed by atoms with Gasteiger partial charge >= 0.3 is 17.9 Å². The Kier molecular flexibility index (Phi) is 12.1. The fraction of sp³-hybridized carbons (Fsp3) is 0.634. The van der Waals surface area contributed by atoms with Crippen LogP contribution in [0.2, 0.25) is 0 Å². The number of carbonyl (C=O) groups excluding carboxylic acids is 3. The summed E-state index contributed by atoms with van der Waals surface area (Å²) in [5.41, 5.74) is -0.106. The van der Waals surface area contributed by atoms with Crippen molar-refractivity contribution in [1.29, 1.82) is 0 Å². The van der Waals surface area contributed by atoms with Crippen LogP contribution in [-0.2, 0) is 38.0 Å². The molecule has 3 saturated heterocycles. The largest absolute Gasteiger partial charge is 0.462 e. The molecule has 0 aromatic carbocycles. The average molecular weight is 754 g/mol. The summed E-state index contributed by atoms with van der Waals surface area (Å²) >= 11 is 0. The number of nitrogens with one attached hydrogen (secondary N) is 1. The van der Waals surface area contributed by atoms with E-state index in [0.29, 0.717) is 18.4 Å². The number of aliphatic hydroxyl groups excluding tert-OH is 2. The fourth-order valence-corrected chi connectivity index (χ4v) is 8.24. The Morgan fingerprint density at radius 3 is 2.65 bits per heavy atom. The summed E-state index contributed by atoms with van der Waals surface area (Å²) in [7, 11) is 0. The molecule has 3 fully saturated rings. The number of rotatable bonds is 6. The summed E-state index contributed by atoms with van der Waals surface area (Å²) in [4.78, 5) is 43.0. The Labute approximate surface area is 316 Å². The second-order valence-corrected chi connectivity index (χ2v) is 15.8. The standard InChI is InChI=1S/C41H55NO12/c1-7-24(4)37(45)52-34-25(5)26(6)53-40(35(34)44)19-30-18-29(54-40)14-13-23(3)16-22(2)10-8-11-28-21-49-36-33(43)27(17-31(38(46)51-30)41(28,36)48)20-50-39(47)32-12-9-15-42-32/h8-13,15,17,22,24-26,29-31,33-36,42-44,48H,7,14,16,18-21H2,1-6H3. The Morgan fingerprint density at radius 1 is 1.15 bits per heavy atom. The van der Waals surface area contributed by atoms with Crippen molar-refractivity contribution >= 4 is 17.9 Å².